The third-order valence-electron chi connectivity index (χ3n) is 5.51. The molecule has 27 heavy (non-hydrogen) atoms. The van der Waals surface area contributed by atoms with Gasteiger partial charge in [0.2, 0.25) is 0 Å². The van der Waals surface area contributed by atoms with Gasteiger partial charge in [-0.25, -0.2) is 9.97 Å². The highest BCUT2D eigenvalue weighted by Gasteiger charge is 2.18. The first-order valence-electron chi connectivity index (χ1n) is 9.79. The molecule has 6 heteroatoms. The fraction of sp³-hybridized carbons (Fsp3) is 0.429. The number of aryl methyl sites for hydroxylation is 1. The van der Waals surface area contributed by atoms with Gasteiger partial charge in [-0.3, -0.25) is 4.57 Å². The Morgan fingerprint density at radius 3 is 2.67 bits per heavy atom. The van der Waals surface area contributed by atoms with Crippen molar-refractivity contribution in [2.45, 2.75) is 20.3 Å². The van der Waals surface area contributed by atoms with Gasteiger partial charge in [0.25, 0.3) is 0 Å². The second-order valence-corrected chi connectivity index (χ2v) is 7.19. The minimum atomic E-state index is 0.890. The Bertz CT molecular complexity index is 900. The van der Waals surface area contributed by atoms with Crippen molar-refractivity contribution in [3.63, 3.8) is 0 Å². The number of benzene rings is 1. The normalized spacial score (nSPS) is 15.3. The average molecular weight is 366 g/mol. The van der Waals surface area contributed by atoms with Gasteiger partial charge in [0.1, 0.15) is 25.2 Å². The number of nitrogens with zero attached hydrogens (tertiary/aromatic N) is 3. The minimum Gasteiger partial charge on any atom is -0.370 e. The standard InChI is InChI=1S/C21H27N5O/c1-16-17(2)26(18-7-4-3-5-8-18)21-19(16)20(23-15-24-21)22-9-6-10-25-11-13-27-14-12-25/h3-5,7-8,15H,6,9-14H2,1-2H3,(H,22,23,24)/p+1. The van der Waals surface area contributed by atoms with Crippen LogP contribution in [0.4, 0.5) is 5.82 Å². The van der Waals surface area contributed by atoms with E-state index in [1.165, 1.54) is 17.8 Å². The lowest BCUT2D eigenvalue weighted by atomic mass is 10.2. The fourth-order valence-electron chi connectivity index (χ4n) is 3.88. The number of hydrogen-bond acceptors (Lipinski definition) is 4. The molecule has 0 aliphatic carbocycles. The van der Waals surface area contributed by atoms with Crippen LogP contribution in [0.2, 0.25) is 0 Å². The molecule has 6 nitrogen and oxygen atoms in total. The summed E-state index contributed by atoms with van der Waals surface area (Å²) in [5.41, 5.74) is 4.54. The molecule has 3 heterocycles. The largest absolute Gasteiger partial charge is 0.370 e. The molecule has 1 fully saturated rings. The number of fused-ring (bicyclic) bond motifs is 1. The summed E-state index contributed by atoms with van der Waals surface area (Å²) in [6.07, 6.45) is 2.79. The number of aromatic nitrogens is 3. The highest BCUT2D eigenvalue weighted by molar-refractivity contribution is 5.93. The summed E-state index contributed by atoms with van der Waals surface area (Å²) >= 11 is 0. The lowest BCUT2D eigenvalue weighted by Gasteiger charge is -2.23. The van der Waals surface area contributed by atoms with Crippen LogP contribution in [0.1, 0.15) is 17.7 Å². The molecule has 4 rings (SSSR count). The lowest BCUT2D eigenvalue weighted by molar-refractivity contribution is -0.908. The Hall–Kier alpha value is -2.44. The predicted molar refractivity (Wildman–Crippen MR) is 108 cm³/mol. The molecule has 0 spiro atoms. The van der Waals surface area contributed by atoms with Crippen molar-refractivity contribution in [3.8, 4) is 5.69 Å². The number of morpholine rings is 1. The number of nitrogens with one attached hydrogen (secondary N) is 2. The van der Waals surface area contributed by atoms with E-state index in [0.29, 0.717) is 0 Å². The second-order valence-electron chi connectivity index (χ2n) is 7.19. The highest BCUT2D eigenvalue weighted by atomic mass is 16.5. The molecule has 3 aromatic rings. The molecule has 2 aromatic heterocycles. The Balaban J connectivity index is 1.53. The van der Waals surface area contributed by atoms with Crippen LogP contribution in [0.3, 0.4) is 0 Å². The van der Waals surface area contributed by atoms with Gasteiger partial charge < -0.3 is 15.0 Å². The maximum Gasteiger partial charge on any atom is 0.150 e. The zero-order valence-electron chi connectivity index (χ0n) is 16.2. The number of anilines is 1. The molecule has 0 saturated carbocycles. The first kappa shape index (κ1) is 17.9. The van der Waals surface area contributed by atoms with Gasteiger partial charge >= 0.3 is 0 Å². The number of rotatable bonds is 6. The quantitative estimate of drug-likeness (QED) is 0.653. The van der Waals surface area contributed by atoms with Gasteiger partial charge in [0.05, 0.1) is 25.1 Å². The van der Waals surface area contributed by atoms with E-state index in [4.69, 9.17) is 4.74 Å². The summed E-state index contributed by atoms with van der Waals surface area (Å²) in [5, 5.41) is 4.67. The van der Waals surface area contributed by atoms with Crippen molar-refractivity contribution in [3.05, 3.63) is 47.9 Å². The van der Waals surface area contributed by atoms with Crippen LogP contribution >= 0.6 is 0 Å². The SMILES string of the molecule is Cc1c(C)n(-c2ccccc2)c2ncnc(NCCC[NH+]3CCOCC3)c12. The molecule has 0 atom stereocenters. The third-order valence-corrected chi connectivity index (χ3v) is 5.51. The highest BCUT2D eigenvalue weighted by Crippen LogP contribution is 2.30. The summed E-state index contributed by atoms with van der Waals surface area (Å²) in [5.74, 6) is 0.937. The molecule has 0 bridgehead atoms. The van der Waals surface area contributed by atoms with Gasteiger partial charge in [-0.15, -0.1) is 0 Å². The van der Waals surface area contributed by atoms with E-state index in [9.17, 15) is 0 Å². The monoisotopic (exact) mass is 366 g/mol. The van der Waals surface area contributed by atoms with Gasteiger partial charge in [0.15, 0.2) is 5.65 Å². The second kappa shape index (κ2) is 8.06. The maximum absolute atomic E-state index is 5.43. The molecule has 1 aliphatic heterocycles. The molecule has 1 aliphatic rings. The van der Waals surface area contributed by atoms with Crippen LogP contribution in [-0.2, 0) is 4.74 Å². The molecule has 0 radical (unpaired) electrons. The zero-order valence-corrected chi connectivity index (χ0v) is 16.2. The van der Waals surface area contributed by atoms with Crippen LogP contribution in [-0.4, -0.2) is 53.9 Å². The van der Waals surface area contributed by atoms with Crippen molar-refractivity contribution in [1.29, 1.82) is 0 Å². The summed E-state index contributed by atoms with van der Waals surface area (Å²) in [7, 11) is 0. The fourth-order valence-corrected chi connectivity index (χ4v) is 3.88. The number of quaternary nitrogens is 1. The van der Waals surface area contributed by atoms with E-state index in [-0.39, 0.29) is 0 Å². The molecule has 0 amide bonds. The smallest absolute Gasteiger partial charge is 0.150 e. The van der Waals surface area contributed by atoms with Crippen molar-refractivity contribution in [2.75, 3.05) is 44.7 Å². The molecular formula is C21H28N5O+. The van der Waals surface area contributed by atoms with Gasteiger partial charge in [-0.05, 0) is 31.5 Å². The van der Waals surface area contributed by atoms with Gasteiger partial charge in [0, 0.05) is 24.3 Å². The Labute approximate surface area is 160 Å². The summed E-state index contributed by atoms with van der Waals surface area (Å²) in [6.45, 7) is 10.4. The van der Waals surface area contributed by atoms with Crippen LogP contribution in [0.15, 0.2) is 36.7 Å². The molecule has 1 saturated heterocycles. The molecule has 142 valence electrons. The Morgan fingerprint density at radius 2 is 1.89 bits per heavy atom. The van der Waals surface area contributed by atoms with Crippen LogP contribution in [0.25, 0.3) is 16.7 Å². The average Bonchev–Trinajstić information content (AvgIpc) is 2.98. The maximum atomic E-state index is 5.43. The molecule has 0 unspecified atom stereocenters. The third kappa shape index (κ3) is 3.68. The Kier molecular flexibility index (Phi) is 5.36. The van der Waals surface area contributed by atoms with E-state index < -0.39 is 0 Å². The van der Waals surface area contributed by atoms with Crippen LogP contribution < -0.4 is 10.2 Å². The van der Waals surface area contributed by atoms with Crippen molar-refractivity contribution < 1.29 is 9.64 Å². The van der Waals surface area contributed by atoms with E-state index >= 15 is 0 Å². The van der Waals surface area contributed by atoms with E-state index in [0.717, 1.165) is 61.8 Å². The Morgan fingerprint density at radius 1 is 1.11 bits per heavy atom. The molecule has 2 N–H and O–H groups in total. The van der Waals surface area contributed by atoms with Crippen molar-refractivity contribution >= 4 is 16.9 Å². The zero-order chi connectivity index (χ0) is 18.6. The number of ether oxygens (including phenoxy) is 1. The van der Waals surface area contributed by atoms with Gasteiger partial charge in [-0.1, -0.05) is 18.2 Å². The molecule has 1 aromatic carbocycles. The van der Waals surface area contributed by atoms with E-state index in [1.807, 2.05) is 6.07 Å². The summed E-state index contributed by atoms with van der Waals surface area (Å²) in [6, 6.07) is 10.4. The number of para-hydroxylation sites is 1. The number of hydrogen-bond donors (Lipinski definition) is 2. The molecular weight excluding hydrogens is 338 g/mol. The topological polar surface area (TPSA) is 56.4 Å². The van der Waals surface area contributed by atoms with Crippen LogP contribution in [0, 0.1) is 13.8 Å². The first-order chi connectivity index (χ1) is 13.3. The van der Waals surface area contributed by atoms with Crippen LogP contribution in [0.5, 0.6) is 0 Å². The predicted octanol–water partition coefficient (Wildman–Crippen LogP) is 1.75. The minimum absolute atomic E-state index is 0.890. The van der Waals surface area contributed by atoms with E-state index in [1.54, 1.807) is 11.2 Å². The van der Waals surface area contributed by atoms with Crippen molar-refractivity contribution in [2.24, 2.45) is 0 Å². The van der Waals surface area contributed by atoms with Crippen molar-refractivity contribution in [1.82, 2.24) is 14.5 Å². The summed E-state index contributed by atoms with van der Waals surface area (Å²) < 4.78 is 7.65. The lowest BCUT2D eigenvalue weighted by Crippen LogP contribution is -3.14. The summed E-state index contributed by atoms with van der Waals surface area (Å²) in [4.78, 5) is 10.8. The van der Waals surface area contributed by atoms with Gasteiger partial charge in [-0.2, -0.15) is 0 Å². The first-order valence-corrected chi connectivity index (χ1v) is 9.79. The van der Waals surface area contributed by atoms with E-state index in [2.05, 4.69) is 58.0 Å².